The molecular weight excluding hydrogens is 180 g/mol. The maximum Gasteiger partial charge on any atom is 0.0928 e. The van der Waals surface area contributed by atoms with Crippen molar-refractivity contribution in [1.29, 1.82) is 0 Å². The summed E-state index contributed by atoms with van der Waals surface area (Å²) in [6.45, 7) is 3.56. The SMILES string of the molecule is CC1OCCC1(O)CCC1CCCO1. The Morgan fingerprint density at radius 1 is 1.36 bits per heavy atom. The molecule has 0 saturated carbocycles. The summed E-state index contributed by atoms with van der Waals surface area (Å²) in [5.74, 6) is 0. The second kappa shape index (κ2) is 4.17. The molecule has 3 heteroatoms. The van der Waals surface area contributed by atoms with E-state index in [1.54, 1.807) is 0 Å². The number of hydrogen-bond donors (Lipinski definition) is 1. The van der Waals surface area contributed by atoms with Crippen LogP contribution in [0.4, 0.5) is 0 Å². The number of rotatable bonds is 3. The average Bonchev–Trinajstić information content (AvgIpc) is 2.75. The lowest BCUT2D eigenvalue weighted by molar-refractivity contribution is -0.0422. The molecule has 3 nitrogen and oxygen atoms in total. The van der Waals surface area contributed by atoms with Crippen molar-refractivity contribution in [1.82, 2.24) is 0 Å². The van der Waals surface area contributed by atoms with Gasteiger partial charge in [0.25, 0.3) is 0 Å². The lowest BCUT2D eigenvalue weighted by Crippen LogP contribution is -2.36. The van der Waals surface area contributed by atoms with Crippen molar-refractivity contribution in [2.75, 3.05) is 13.2 Å². The molecule has 0 aliphatic carbocycles. The van der Waals surface area contributed by atoms with E-state index in [-0.39, 0.29) is 6.10 Å². The zero-order valence-electron chi connectivity index (χ0n) is 8.87. The van der Waals surface area contributed by atoms with Crippen LogP contribution in [0, 0.1) is 0 Å². The first kappa shape index (κ1) is 10.4. The summed E-state index contributed by atoms with van der Waals surface area (Å²) in [4.78, 5) is 0. The molecule has 2 saturated heterocycles. The van der Waals surface area contributed by atoms with Crippen LogP contribution in [0.3, 0.4) is 0 Å². The van der Waals surface area contributed by atoms with Gasteiger partial charge in [-0.15, -0.1) is 0 Å². The van der Waals surface area contributed by atoms with Crippen LogP contribution in [0.1, 0.15) is 39.0 Å². The fraction of sp³-hybridized carbons (Fsp3) is 1.00. The molecule has 0 aromatic carbocycles. The van der Waals surface area contributed by atoms with Gasteiger partial charge in [0.05, 0.1) is 17.8 Å². The maximum atomic E-state index is 10.2. The highest BCUT2D eigenvalue weighted by Gasteiger charge is 2.39. The van der Waals surface area contributed by atoms with E-state index < -0.39 is 5.60 Å². The van der Waals surface area contributed by atoms with E-state index in [0.29, 0.717) is 12.7 Å². The summed E-state index contributed by atoms with van der Waals surface area (Å²) in [6.07, 6.45) is 5.28. The van der Waals surface area contributed by atoms with Gasteiger partial charge in [-0.3, -0.25) is 0 Å². The molecule has 82 valence electrons. The van der Waals surface area contributed by atoms with Gasteiger partial charge in [0.1, 0.15) is 0 Å². The van der Waals surface area contributed by atoms with Gasteiger partial charge in [-0.2, -0.15) is 0 Å². The molecule has 0 aromatic rings. The average molecular weight is 200 g/mol. The van der Waals surface area contributed by atoms with Gasteiger partial charge >= 0.3 is 0 Å². The van der Waals surface area contributed by atoms with Crippen LogP contribution in [-0.2, 0) is 9.47 Å². The maximum absolute atomic E-state index is 10.2. The molecule has 2 aliphatic heterocycles. The van der Waals surface area contributed by atoms with Gasteiger partial charge in [-0.1, -0.05) is 0 Å². The van der Waals surface area contributed by atoms with Crippen molar-refractivity contribution < 1.29 is 14.6 Å². The Hall–Kier alpha value is -0.120. The molecular formula is C11H20O3. The van der Waals surface area contributed by atoms with Crippen LogP contribution < -0.4 is 0 Å². The highest BCUT2D eigenvalue weighted by molar-refractivity contribution is 4.90. The van der Waals surface area contributed by atoms with Gasteiger partial charge in [0.2, 0.25) is 0 Å². The van der Waals surface area contributed by atoms with E-state index in [9.17, 15) is 5.11 Å². The second-order valence-corrected chi connectivity index (χ2v) is 4.54. The lowest BCUT2D eigenvalue weighted by Gasteiger charge is -2.26. The summed E-state index contributed by atoms with van der Waals surface area (Å²) in [6, 6.07) is 0. The minimum absolute atomic E-state index is 0.0103. The molecule has 2 fully saturated rings. The van der Waals surface area contributed by atoms with Crippen LogP contribution in [0.15, 0.2) is 0 Å². The summed E-state index contributed by atoms with van der Waals surface area (Å²) in [5, 5.41) is 10.2. The monoisotopic (exact) mass is 200 g/mol. The van der Waals surface area contributed by atoms with Crippen LogP contribution in [0.5, 0.6) is 0 Å². The third-order valence-electron chi connectivity index (χ3n) is 3.58. The van der Waals surface area contributed by atoms with Gasteiger partial charge < -0.3 is 14.6 Å². The first-order chi connectivity index (χ1) is 6.71. The number of ether oxygens (including phenoxy) is 2. The van der Waals surface area contributed by atoms with E-state index in [1.807, 2.05) is 6.92 Å². The molecule has 0 spiro atoms. The normalized spacial score (nSPS) is 43.3. The molecule has 0 bridgehead atoms. The summed E-state index contributed by atoms with van der Waals surface area (Å²) < 4.78 is 10.9. The van der Waals surface area contributed by atoms with Gasteiger partial charge in [-0.05, 0) is 32.6 Å². The Bertz CT molecular complexity index is 189. The quantitative estimate of drug-likeness (QED) is 0.750. The minimum Gasteiger partial charge on any atom is -0.387 e. The van der Waals surface area contributed by atoms with Gasteiger partial charge in [-0.25, -0.2) is 0 Å². The molecule has 3 atom stereocenters. The first-order valence-electron chi connectivity index (χ1n) is 5.66. The zero-order chi connectivity index (χ0) is 10.0. The standard InChI is InChI=1S/C11H20O3/c1-9-11(12,6-8-13-9)5-4-10-3-2-7-14-10/h9-10,12H,2-8H2,1H3. The lowest BCUT2D eigenvalue weighted by atomic mass is 9.89. The largest absolute Gasteiger partial charge is 0.387 e. The van der Waals surface area contributed by atoms with Crippen molar-refractivity contribution >= 4 is 0 Å². The highest BCUT2D eigenvalue weighted by Crippen LogP contribution is 2.32. The first-order valence-corrected chi connectivity index (χ1v) is 5.66. The topological polar surface area (TPSA) is 38.7 Å². The van der Waals surface area contributed by atoms with Gasteiger partial charge in [0, 0.05) is 19.6 Å². The van der Waals surface area contributed by atoms with Crippen LogP contribution in [0.25, 0.3) is 0 Å². The highest BCUT2D eigenvalue weighted by atomic mass is 16.5. The fourth-order valence-electron chi connectivity index (χ4n) is 2.38. The van der Waals surface area contributed by atoms with Gasteiger partial charge in [0.15, 0.2) is 0 Å². The zero-order valence-corrected chi connectivity index (χ0v) is 8.87. The summed E-state index contributed by atoms with van der Waals surface area (Å²) in [7, 11) is 0. The number of aliphatic hydroxyl groups is 1. The van der Waals surface area contributed by atoms with E-state index in [1.165, 1.54) is 6.42 Å². The van der Waals surface area contributed by atoms with E-state index in [2.05, 4.69) is 0 Å². The third kappa shape index (κ3) is 2.10. The van der Waals surface area contributed by atoms with E-state index in [4.69, 9.17) is 9.47 Å². The molecule has 3 unspecified atom stereocenters. The van der Waals surface area contributed by atoms with Crippen molar-refractivity contribution in [2.45, 2.75) is 56.8 Å². The van der Waals surface area contributed by atoms with E-state index in [0.717, 1.165) is 32.3 Å². The molecule has 0 aromatic heterocycles. The Kier molecular flexibility index (Phi) is 3.10. The Morgan fingerprint density at radius 3 is 2.79 bits per heavy atom. The Balaban J connectivity index is 1.78. The van der Waals surface area contributed by atoms with Crippen molar-refractivity contribution in [2.24, 2.45) is 0 Å². The Labute approximate surface area is 85.4 Å². The number of hydrogen-bond acceptors (Lipinski definition) is 3. The molecule has 2 aliphatic rings. The minimum atomic E-state index is -0.591. The molecule has 2 rings (SSSR count). The van der Waals surface area contributed by atoms with Crippen LogP contribution in [-0.4, -0.2) is 36.1 Å². The smallest absolute Gasteiger partial charge is 0.0928 e. The van der Waals surface area contributed by atoms with Crippen molar-refractivity contribution in [3.05, 3.63) is 0 Å². The molecule has 0 amide bonds. The fourth-order valence-corrected chi connectivity index (χ4v) is 2.38. The van der Waals surface area contributed by atoms with Crippen LogP contribution >= 0.6 is 0 Å². The summed E-state index contributed by atoms with van der Waals surface area (Å²) in [5.41, 5.74) is -0.591. The predicted octanol–water partition coefficient (Wildman–Crippen LogP) is 1.49. The Morgan fingerprint density at radius 2 is 2.21 bits per heavy atom. The molecule has 1 N–H and O–H groups in total. The van der Waals surface area contributed by atoms with Crippen LogP contribution in [0.2, 0.25) is 0 Å². The van der Waals surface area contributed by atoms with Crippen molar-refractivity contribution in [3.63, 3.8) is 0 Å². The van der Waals surface area contributed by atoms with E-state index >= 15 is 0 Å². The van der Waals surface area contributed by atoms with Crippen molar-refractivity contribution in [3.8, 4) is 0 Å². The molecule has 0 radical (unpaired) electrons. The second-order valence-electron chi connectivity index (χ2n) is 4.54. The molecule has 2 heterocycles. The third-order valence-corrected chi connectivity index (χ3v) is 3.58. The molecule has 14 heavy (non-hydrogen) atoms. The summed E-state index contributed by atoms with van der Waals surface area (Å²) >= 11 is 0. The predicted molar refractivity (Wildman–Crippen MR) is 53.2 cm³/mol.